The molecular weight excluding hydrogens is 530 g/mol. The molecule has 3 aromatic carbocycles. The zero-order valence-corrected chi connectivity index (χ0v) is 21.3. The van der Waals surface area contributed by atoms with E-state index in [-0.39, 0.29) is 28.3 Å². The van der Waals surface area contributed by atoms with E-state index in [1.807, 2.05) is 6.92 Å². The van der Waals surface area contributed by atoms with E-state index in [4.69, 9.17) is 16.3 Å². The van der Waals surface area contributed by atoms with Crippen molar-refractivity contribution < 1.29 is 24.4 Å². The van der Waals surface area contributed by atoms with Gasteiger partial charge in [-0.1, -0.05) is 22.9 Å². The molecule has 2 aliphatic rings. The van der Waals surface area contributed by atoms with Crippen molar-refractivity contribution in [3.8, 4) is 5.75 Å². The van der Waals surface area contributed by atoms with Crippen LogP contribution in [0.5, 0.6) is 5.75 Å². The second-order valence-corrected chi connectivity index (χ2v) is 10.5. The Hall–Kier alpha value is -4.28. The summed E-state index contributed by atoms with van der Waals surface area (Å²) in [6.45, 7) is 1.94. The highest BCUT2D eigenvalue weighted by Crippen LogP contribution is 2.45. The largest absolute Gasteiger partial charge is 0.507 e. The third kappa shape index (κ3) is 3.89. The van der Waals surface area contributed by atoms with Crippen LogP contribution in [0.4, 0.5) is 10.8 Å². The molecule has 1 fully saturated rings. The summed E-state index contributed by atoms with van der Waals surface area (Å²) < 4.78 is 6.45. The van der Waals surface area contributed by atoms with Crippen molar-refractivity contribution in [3.05, 3.63) is 98.1 Å². The van der Waals surface area contributed by atoms with Gasteiger partial charge in [0, 0.05) is 29.1 Å². The minimum Gasteiger partial charge on any atom is -0.507 e. The number of thiazole rings is 1. The molecule has 11 heteroatoms. The maximum Gasteiger partial charge on any atom is 0.301 e. The lowest BCUT2D eigenvalue weighted by Crippen LogP contribution is -2.29. The molecule has 0 spiro atoms. The number of nitrogens with zero attached hydrogens (tertiary/aromatic N) is 3. The van der Waals surface area contributed by atoms with Gasteiger partial charge in [-0.25, -0.2) is 4.98 Å². The zero-order valence-electron chi connectivity index (χ0n) is 19.8. The summed E-state index contributed by atoms with van der Waals surface area (Å²) in [5.41, 5.74) is 1.97. The number of aliphatic hydroxyl groups excluding tert-OH is 1. The van der Waals surface area contributed by atoms with Crippen molar-refractivity contribution in [2.75, 3.05) is 4.90 Å². The molecule has 9 nitrogen and oxygen atoms in total. The first-order valence-electron chi connectivity index (χ1n) is 11.6. The fraction of sp³-hybridized carbons (Fsp3) is 0.148. The van der Waals surface area contributed by atoms with Crippen LogP contribution in [0.25, 0.3) is 16.0 Å². The number of hydrogen-bond donors (Lipinski definition) is 1. The van der Waals surface area contributed by atoms with Crippen molar-refractivity contribution in [3.63, 3.8) is 0 Å². The number of ether oxygens (including phenoxy) is 1. The Morgan fingerprint density at radius 3 is 2.66 bits per heavy atom. The van der Waals surface area contributed by atoms with Crippen molar-refractivity contribution in [2.24, 2.45) is 0 Å². The number of anilines is 1. The topological polar surface area (TPSA) is 123 Å². The molecule has 0 radical (unpaired) electrons. The normalized spacial score (nSPS) is 20.1. The summed E-state index contributed by atoms with van der Waals surface area (Å²) in [6.07, 6.45) is 0.630. The molecule has 0 bridgehead atoms. The molecule has 1 N–H and O–H groups in total. The van der Waals surface area contributed by atoms with Gasteiger partial charge >= 0.3 is 5.91 Å². The predicted octanol–water partition coefficient (Wildman–Crippen LogP) is 5.81. The number of Topliss-reactive ketones (excluding diaryl/α,β-unsaturated/α-hetero) is 1. The Morgan fingerprint density at radius 1 is 1.16 bits per heavy atom. The number of halogens is 1. The molecule has 3 heterocycles. The molecule has 190 valence electrons. The van der Waals surface area contributed by atoms with E-state index in [0.29, 0.717) is 38.5 Å². The Morgan fingerprint density at radius 2 is 1.92 bits per heavy atom. The number of benzene rings is 3. The van der Waals surface area contributed by atoms with Crippen LogP contribution in [0.1, 0.15) is 29.7 Å². The molecular formula is C27H18ClN3O6S. The van der Waals surface area contributed by atoms with Gasteiger partial charge < -0.3 is 9.84 Å². The fourth-order valence-electron chi connectivity index (χ4n) is 4.84. The number of nitro groups is 1. The van der Waals surface area contributed by atoms with Gasteiger partial charge in [0.05, 0.1) is 26.8 Å². The van der Waals surface area contributed by atoms with Crippen LogP contribution in [0.3, 0.4) is 0 Å². The number of amides is 1. The van der Waals surface area contributed by atoms with Crippen molar-refractivity contribution in [2.45, 2.75) is 25.5 Å². The van der Waals surface area contributed by atoms with E-state index < -0.39 is 22.7 Å². The van der Waals surface area contributed by atoms with E-state index in [2.05, 4.69) is 4.98 Å². The first-order valence-corrected chi connectivity index (χ1v) is 12.8. The first-order chi connectivity index (χ1) is 18.2. The summed E-state index contributed by atoms with van der Waals surface area (Å²) in [7, 11) is 0. The van der Waals surface area contributed by atoms with E-state index in [1.165, 1.54) is 40.5 Å². The number of rotatable bonds is 4. The number of carbonyl (C=O) groups is 2. The van der Waals surface area contributed by atoms with Crippen LogP contribution in [0, 0.1) is 10.1 Å². The van der Waals surface area contributed by atoms with Gasteiger partial charge in [0.2, 0.25) is 0 Å². The highest BCUT2D eigenvalue weighted by Gasteiger charge is 2.48. The molecule has 1 saturated heterocycles. The van der Waals surface area contributed by atoms with E-state index in [0.717, 1.165) is 5.56 Å². The number of non-ortho nitro benzene ring substituents is 1. The van der Waals surface area contributed by atoms with Gasteiger partial charge in [0.15, 0.2) is 5.13 Å². The monoisotopic (exact) mass is 547 g/mol. The molecule has 2 unspecified atom stereocenters. The Labute approximate surface area is 224 Å². The number of hydrogen-bond acceptors (Lipinski definition) is 8. The van der Waals surface area contributed by atoms with Crippen molar-refractivity contribution >= 4 is 61.4 Å². The van der Waals surface area contributed by atoms with Crippen LogP contribution < -0.4 is 9.64 Å². The van der Waals surface area contributed by atoms with Gasteiger partial charge in [-0.15, -0.1) is 0 Å². The molecule has 1 aromatic heterocycles. The van der Waals surface area contributed by atoms with Crippen molar-refractivity contribution in [1.82, 2.24) is 4.98 Å². The first kappa shape index (κ1) is 24.1. The predicted molar refractivity (Wildman–Crippen MR) is 143 cm³/mol. The number of carbonyl (C=O) groups excluding carboxylic acids is 2. The van der Waals surface area contributed by atoms with Gasteiger partial charge in [-0.3, -0.25) is 24.6 Å². The molecule has 2 aliphatic heterocycles. The molecule has 0 aliphatic carbocycles. The number of nitro benzene ring substituents is 1. The maximum atomic E-state index is 13.4. The van der Waals surface area contributed by atoms with E-state index in [9.17, 15) is 24.8 Å². The highest BCUT2D eigenvalue weighted by atomic mass is 35.5. The summed E-state index contributed by atoms with van der Waals surface area (Å²) >= 11 is 7.30. The quantitative estimate of drug-likeness (QED) is 0.112. The minimum absolute atomic E-state index is 0.0133. The summed E-state index contributed by atoms with van der Waals surface area (Å²) in [4.78, 5) is 43.3. The van der Waals surface area contributed by atoms with Gasteiger partial charge in [0.25, 0.3) is 11.5 Å². The number of aromatic nitrogens is 1. The van der Waals surface area contributed by atoms with Crippen molar-refractivity contribution in [1.29, 1.82) is 0 Å². The molecule has 4 aromatic rings. The maximum absolute atomic E-state index is 13.4. The lowest BCUT2D eigenvalue weighted by molar-refractivity contribution is -0.384. The van der Waals surface area contributed by atoms with Gasteiger partial charge in [0.1, 0.15) is 17.6 Å². The van der Waals surface area contributed by atoms with Gasteiger partial charge in [-0.2, -0.15) is 0 Å². The molecule has 1 amide bonds. The third-order valence-corrected chi connectivity index (χ3v) is 7.83. The Balaban J connectivity index is 1.53. The lowest BCUT2D eigenvalue weighted by atomic mass is 9.94. The summed E-state index contributed by atoms with van der Waals surface area (Å²) in [6, 6.07) is 14.7. The number of ketones is 1. The SMILES string of the molecule is CC1Cc2cc(C(O)=C3C(=O)C(=O)N(c4nc5ccc(Cl)cc5s4)C3c3ccc([N+](=O)[O-])cc3)ccc2O1. The number of aliphatic hydroxyl groups is 1. The van der Waals surface area contributed by atoms with Gasteiger partial charge in [-0.05, 0) is 66.6 Å². The summed E-state index contributed by atoms with van der Waals surface area (Å²) in [5, 5.41) is 23.4. The minimum atomic E-state index is -1.06. The smallest absolute Gasteiger partial charge is 0.301 e. The zero-order chi connectivity index (χ0) is 26.7. The van der Waals surface area contributed by atoms with Crippen LogP contribution >= 0.6 is 22.9 Å². The molecule has 2 atom stereocenters. The Kier molecular flexibility index (Phi) is 5.66. The molecule has 6 rings (SSSR count). The van der Waals surface area contributed by atoms with E-state index >= 15 is 0 Å². The van der Waals surface area contributed by atoms with Crippen LogP contribution in [-0.4, -0.2) is 32.8 Å². The third-order valence-electron chi connectivity index (χ3n) is 6.58. The fourth-order valence-corrected chi connectivity index (χ4v) is 6.11. The molecule has 0 saturated carbocycles. The molecule has 38 heavy (non-hydrogen) atoms. The van der Waals surface area contributed by atoms with Crippen LogP contribution in [0.15, 0.2) is 66.2 Å². The lowest BCUT2D eigenvalue weighted by Gasteiger charge is -2.23. The standard InChI is InChI=1S/C27H18ClN3O6S/c1-13-10-16-11-15(4-9-20(16)37-13)24(32)22-23(14-2-6-18(7-3-14)31(35)36)30(26(34)25(22)33)27-29-19-8-5-17(28)12-21(19)38-27/h2-9,11-13,23,32H,10H2,1H3. The summed E-state index contributed by atoms with van der Waals surface area (Å²) in [5.74, 6) is -1.39. The van der Waals surface area contributed by atoms with Crippen LogP contribution in [-0.2, 0) is 16.0 Å². The van der Waals surface area contributed by atoms with E-state index in [1.54, 1.807) is 36.4 Å². The number of fused-ring (bicyclic) bond motifs is 2. The average Bonchev–Trinajstić information content (AvgIpc) is 3.55. The second kappa shape index (κ2) is 8.93. The average molecular weight is 548 g/mol. The Bertz CT molecular complexity index is 1700. The van der Waals surface area contributed by atoms with Crippen LogP contribution in [0.2, 0.25) is 5.02 Å². The second-order valence-electron chi connectivity index (χ2n) is 9.08. The highest BCUT2D eigenvalue weighted by molar-refractivity contribution is 7.22.